The van der Waals surface area contributed by atoms with E-state index in [0.717, 1.165) is 28.4 Å². The van der Waals surface area contributed by atoms with Gasteiger partial charge in [0.05, 0.1) is 18.4 Å². The van der Waals surface area contributed by atoms with Crippen molar-refractivity contribution in [2.24, 2.45) is 0 Å². The Kier molecular flexibility index (Phi) is 4.85. The molecule has 2 aromatic carbocycles. The summed E-state index contributed by atoms with van der Waals surface area (Å²) in [6, 6.07) is 17.4. The minimum Gasteiger partial charge on any atom is -0.463 e. The number of benzene rings is 2. The lowest BCUT2D eigenvalue weighted by atomic mass is 9.83. The van der Waals surface area contributed by atoms with Gasteiger partial charge in [0.15, 0.2) is 0 Å². The number of allylic oxidation sites excluding steroid dienone is 1. The number of carbonyl (C=O) groups excluding carboxylic acids is 1. The van der Waals surface area contributed by atoms with Crippen LogP contribution in [0.5, 0.6) is 11.5 Å². The number of esters is 1. The number of aromatic nitrogens is 2. The van der Waals surface area contributed by atoms with Gasteiger partial charge in [-0.25, -0.2) is 4.79 Å². The highest BCUT2D eigenvalue weighted by Gasteiger charge is 2.34. The maximum atomic E-state index is 12.7. The second-order valence-electron chi connectivity index (χ2n) is 6.51. The Morgan fingerprint density at radius 1 is 1.11 bits per heavy atom. The third kappa shape index (κ3) is 3.36. The molecular formula is C22H21N3O3. The van der Waals surface area contributed by atoms with Crippen molar-refractivity contribution in [3.8, 4) is 11.5 Å². The molecule has 4 rings (SSSR count). The topological polar surface area (TPSA) is 76.2 Å². The van der Waals surface area contributed by atoms with Gasteiger partial charge in [-0.2, -0.15) is 5.10 Å². The molecule has 0 saturated heterocycles. The summed E-state index contributed by atoms with van der Waals surface area (Å²) in [5, 5.41) is 10.3. The number of ether oxygens (including phenoxy) is 2. The Hall–Kier alpha value is -3.54. The van der Waals surface area contributed by atoms with Gasteiger partial charge >= 0.3 is 5.97 Å². The maximum Gasteiger partial charge on any atom is 0.336 e. The molecule has 142 valence electrons. The Morgan fingerprint density at radius 2 is 1.89 bits per heavy atom. The molecule has 0 aliphatic carbocycles. The molecular weight excluding hydrogens is 354 g/mol. The van der Waals surface area contributed by atoms with Crippen molar-refractivity contribution in [3.63, 3.8) is 0 Å². The first-order valence-electron chi connectivity index (χ1n) is 9.18. The van der Waals surface area contributed by atoms with Crippen LogP contribution in [-0.2, 0) is 9.53 Å². The van der Waals surface area contributed by atoms with E-state index in [0.29, 0.717) is 17.9 Å². The fourth-order valence-corrected chi connectivity index (χ4v) is 3.45. The van der Waals surface area contributed by atoms with Crippen LogP contribution in [0.2, 0.25) is 0 Å². The molecule has 28 heavy (non-hydrogen) atoms. The van der Waals surface area contributed by atoms with Crippen LogP contribution in [0.15, 0.2) is 72.1 Å². The van der Waals surface area contributed by atoms with E-state index in [1.54, 1.807) is 13.1 Å². The van der Waals surface area contributed by atoms with E-state index in [1.165, 1.54) is 0 Å². The summed E-state index contributed by atoms with van der Waals surface area (Å²) in [5.74, 6) is 1.61. The van der Waals surface area contributed by atoms with Crippen molar-refractivity contribution in [1.29, 1.82) is 0 Å². The molecule has 0 radical (unpaired) electrons. The number of hydrogen-bond acceptors (Lipinski definition) is 5. The van der Waals surface area contributed by atoms with E-state index in [1.807, 2.05) is 61.5 Å². The predicted octanol–water partition coefficient (Wildman–Crippen LogP) is 4.60. The van der Waals surface area contributed by atoms with Gasteiger partial charge in [0, 0.05) is 17.2 Å². The van der Waals surface area contributed by atoms with E-state index in [-0.39, 0.29) is 11.9 Å². The van der Waals surface area contributed by atoms with Crippen LogP contribution in [-0.4, -0.2) is 22.8 Å². The lowest BCUT2D eigenvalue weighted by Gasteiger charge is -2.27. The zero-order chi connectivity index (χ0) is 19.5. The van der Waals surface area contributed by atoms with Gasteiger partial charge in [0.1, 0.15) is 17.3 Å². The maximum absolute atomic E-state index is 12.7. The van der Waals surface area contributed by atoms with Crippen molar-refractivity contribution in [1.82, 2.24) is 10.2 Å². The Labute approximate surface area is 163 Å². The molecule has 0 bridgehead atoms. The van der Waals surface area contributed by atoms with Gasteiger partial charge in [-0.05, 0) is 43.7 Å². The van der Waals surface area contributed by atoms with Gasteiger partial charge in [0.25, 0.3) is 0 Å². The summed E-state index contributed by atoms with van der Waals surface area (Å²) < 4.78 is 11.3. The second-order valence-corrected chi connectivity index (χ2v) is 6.51. The molecule has 3 aromatic rings. The molecule has 1 aromatic heterocycles. The number of aromatic amines is 1. The number of nitrogens with zero attached hydrogens (tertiary/aromatic N) is 1. The molecule has 0 saturated carbocycles. The number of carbonyl (C=O) groups is 1. The van der Waals surface area contributed by atoms with Crippen molar-refractivity contribution in [3.05, 3.63) is 83.2 Å². The molecule has 2 N–H and O–H groups in total. The van der Waals surface area contributed by atoms with Crippen LogP contribution in [0.4, 0.5) is 5.82 Å². The van der Waals surface area contributed by atoms with E-state index >= 15 is 0 Å². The monoisotopic (exact) mass is 375 g/mol. The molecule has 1 aliphatic heterocycles. The fourth-order valence-electron chi connectivity index (χ4n) is 3.45. The number of rotatable bonds is 5. The van der Waals surface area contributed by atoms with E-state index in [2.05, 4.69) is 15.5 Å². The summed E-state index contributed by atoms with van der Waals surface area (Å²) in [4.78, 5) is 12.7. The third-order valence-corrected chi connectivity index (χ3v) is 4.65. The van der Waals surface area contributed by atoms with Crippen LogP contribution in [0.3, 0.4) is 0 Å². The number of H-pyrrole nitrogens is 1. The summed E-state index contributed by atoms with van der Waals surface area (Å²) in [5.41, 5.74) is 3.15. The van der Waals surface area contributed by atoms with Gasteiger partial charge < -0.3 is 14.8 Å². The average molecular weight is 375 g/mol. The first-order chi connectivity index (χ1) is 13.7. The molecule has 2 heterocycles. The molecule has 1 unspecified atom stereocenters. The highest BCUT2D eigenvalue weighted by Crippen LogP contribution is 2.42. The molecule has 6 heteroatoms. The minimum atomic E-state index is -0.335. The first kappa shape index (κ1) is 17.9. The summed E-state index contributed by atoms with van der Waals surface area (Å²) in [7, 11) is 0. The largest absolute Gasteiger partial charge is 0.463 e. The molecule has 0 fully saturated rings. The molecule has 0 amide bonds. The molecule has 1 atom stereocenters. The van der Waals surface area contributed by atoms with Crippen LogP contribution in [0, 0.1) is 0 Å². The molecule has 0 spiro atoms. The first-order valence-corrected chi connectivity index (χ1v) is 9.18. The Morgan fingerprint density at radius 3 is 2.68 bits per heavy atom. The van der Waals surface area contributed by atoms with Gasteiger partial charge in [0.2, 0.25) is 0 Å². The van der Waals surface area contributed by atoms with Gasteiger partial charge in [-0.1, -0.05) is 30.3 Å². The standard InChI is InChI=1S/C22H21N3O3/c1-3-27-22(26)19-14(2)24-21-18(13-23-25-21)20(19)15-8-7-11-17(12-15)28-16-9-5-4-6-10-16/h4-13,20H,3H2,1-2H3,(H2,23,24,25). The smallest absolute Gasteiger partial charge is 0.336 e. The Balaban J connectivity index is 1.75. The zero-order valence-corrected chi connectivity index (χ0v) is 15.7. The van der Waals surface area contributed by atoms with Crippen LogP contribution >= 0.6 is 0 Å². The van der Waals surface area contributed by atoms with Gasteiger partial charge in [-0.3, -0.25) is 5.10 Å². The van der Waals surface area contributed by atoms with Crippen molar-refractivity contribution < 1.29 is 14.3 Å². The number of anilines is 1. The fraction of sp³-hybridized carbons (Fsp3) is 0.182. The lowest BCUT2D eigenvalue weighted by Crippen LogP contribution is -2.24. The summed E-state index contributed by atoms with van der Waals surface area (Å²) >= 11 is 0. The van der Waals surface area contributed by atoms with E-state index in [4.69, 9.17) is 9.47 Å². The highest BCUT2D eigenvalue weighted by molar-refractivity contribution is 5.94. The highest BCUT2D eigenvalue weighted by atomic mass is 16.5. The van der Waals surface area contributed by atoms with Crippen LogP contribution in [0.25, 0.3) is 0 Å². The van der Waals surface area contributed by atoms with E-state index < -0.39 is 0 Å². The number of nitrogens with one attached hydrogen (secondary N) is 2. The quantitative estimate of drug-likeness (QED) is 0.638. The second kappa shape index (κ2) is 7.60. The molecule has 1 aliphatic rings. The average Bonchev–Trinajstić information content (AvgIpc) is 3.16. The predicted molar refractivity (Wildman–Crippen MR) is 106 cm³/mol. The number of fused-ring (bicyclic) bond motifs is 1. The van der Waals surface area contributed by atoms with Crippen molar-refractivity contribution in [2.75, 3.05) is 11.9 Å². The van der Waals surface area contributed by atoms with Crippen LogP contribution in [0.1, 0.15) is 30.9 Å². The third-order valence-electron chi connectivity index (χ3n) is 4.65. The van der Waals surface area contributed by atoms with Gasteiger partial charge in [-0.15, -0.1) is 0 Å². The Bertz CT molecular complexity index is 1020. The number of hydrogen-bond donors (Lipinski definition) is 2. The van der Waals surface area contributed by atoms with Crippen molar-refractivity contribution >= 4 is 11.8 Å². The lowest BCUT2D eigenvalue weighted by molar-refractivity contribution is -0.138. The van der Waals surface area contributed by atoms with Crippen LogP contribution < -0.4 is 10.1 Å². The summed E-state index contributed by atoms with van der Waals surface area (Å²) in [6.07, 6.45) is 1.74. The SMILES string of the molecule is CCOC(=O)C1=C(C)Nc2[nH]ncc2C1c1cccc(Oc2ccccc2)c1. The van der Waals surface area contributed by atoms with E-state index in [9.17, 15) is 4.79 Å². The number of para-hydroxylation sites is 1. The zero-order valence-electron chi connectivity index (χ0n) is 15.7. The normalized spacial score (nSPS) is 15.6. The molecule has 6 nitrogen and oxygen atoms in total. The minimum absolute atomic E-state index is 0.298. The summed E-state index contributed by atoms with van der Waals surface area (Å²) in [6.45, 7) is 3.99. The van der Waals surface area contributed by atoms with Crippen molar-refractivity contribution in [2.45, 2.75) is 19.8 Å².